The lowest BCUT2D eigenvalue weighted by molar-refractivity contribution is -0.136. The van der Waals surface area contributed by atoms with Gasteiger partial charge in [0, 0.05) is 35.5 Å². The van der Waals surface area contributed by atoms with Gasteiger partial charge in [0.2, 0.25) is 0 Å². The number of carbonyl (C=O) groups is 3. The van der Waals surface area contributed by atoms with E-state index in [0.717, 1.165) is 5.69 Å². The van der Waals surface area contributed by atoms with E-state index in [0.29, 0.717) is 36.6 Å². The van der Waals surface area contributed by atoms with Crippen molar-refractivity contribution in [3.05, 3.63) is 59.6 Å². The van der Waals surface area contributed by atoms with Crippen LogP contribution in [0.5, 0.6) is 0 Å². The van der Waals surface area contributed by atoms with Gasteiger partial charge >= 0.3 is 17.8 Å². The third kappa shape index (κ3) is 5.47. The number of halogens is 1. The van der Waals surface area contributed by atoms with Crippen LogP contribution in [0, 0.1) is 0 Å². The maximum Gasteiger partial charge on any atom is 0.321 e. The molecular formula is C20H21ClN4O3. The molecule has 0 radical (unpaired) electrons. The highest BCUT2D eigenvalue weighted by molar-refractivity contribution is 6.39. The molecule has 0 saturated carbocycles. The SMILES string of the molecule is O=C(Nc1ccc(Cl)cc1)C(=O)NC1CCN(C(=O)Nc2ccccc2)CC1. The Morgan fingerprint density at radius 2 is 1.43 bits per heavy atom. The lowest BCUT2D eigenvalue weighted by atomic mass is 10.1. The van der Waals surface area contributed by atoms with Gasteiger partial charge in [0.15, 0.2) is 0 Å². The predicted molar refractivity (Wildman–Crippen MR) is 108 cm³/mol. The molecule has 0 atom stereocenters. The first-order valence-electron chi connectivity index (χ1n) is 8.99. The van der Waals surface area contributed by atoms with Crippen LogP contribution in [-0.2, 0) is 9.59 Å². The van der Waals surface area contributed by atoms with Crippen molar-refractivity contribution in [1.29, 1.82) is 0 Å². The Labute approximate surface area is 168 Å². The fraction of sp³-hybridized carbons (Fsp3) is 0.250. The zero-order valence-corrected chi connectivity index (χ0v) is 15.9. The first kappa shape index (κ1) is 19.7. The topological polar surface area (TPSA) is 90.5 Å². The van der Waals surface area contributed by atoms with Gasteiger partial charge in [-0.15, -0.1) is 0 Å². The van der Waals surface area contributed by atoms with Crippen LogP contribution < -0.4 is 16.0 Å². The van der Waals surface area contributed by atoms with E-state index in [4.69, 9.17) is 11.6 Å². The van der Waals surface area contributed by atoms with Crippen molar-refractivity contribution in [3.8, 4) is 0 Å². The molecule has 28 heavy (non-hydrogen) atoms. The van der Waals surface area contributed by atoms with Crippen molar-refractivity contribution in [3.63, 3.8) is 0 Å². The van der Waals surface area contributed by atoms with Gasteiger partial charge in [-0.1, -0.05) is 29.8 Å². The number of nitrogens with zero attached hydrogens (tertiary/aromatic N) is 1. The second kappa shape index (κ2) is 9.23. The molecule has 1 aliphatic heterocycles. The van der Waals surface area contributed by atoms with Crippen LogP contribution in [0.25, 0.3) is 0 Å². The van der Waals surface area contributed by atoms with Gasteiger partial charge in [-0.05, 0) is 49.2 Å². The third-order valence-corrected chi connectivity index (χ3v) is 4.70. The Morgan fingerprint density at radius 3 is 2.07 bits per heavy atom. The highest BCUT2D eigenvalue weighted by Gasteiger charge is 2.25. The number of carbonyl (C=O) groups excluding carboxylic acids is 3. The predicted octanol–water partition coefficient (Wildman–Crippen LogP) is 3.09. The molecule has 0 spiro atoms. The number of para-hydroxylation sites is 1. The highest BCUT2D eigenvalue weighted by atomic mass is 35.5. The average molecular weight is 401 g/mol. The summed E-state index contributed by atoms with van der Waals surface area (Å²) < 4.78 is 0. The third-order valence-electron chi connectivity index (χ3n) is 4.45. The molecule has 0 aromatic heterocycles. The summed E-state index contributed by atoms with van der Waals surface area (Å²) >= 11 is 5.79. The van der Waals surface area contributed by atoms with E-state index >= 15 is 0 Å². The minimum Gasteiger partial charge on any atom is -0.345 e. The second-order valence-corrected chi connectivity index (χ2v) is 6.93. The minimum absolute atomic E-state index is 0.149. The van der Waals surface area contributed by atoms with Crippen LogP contribution in [0.3, 0.4) is 0 Å². The number of amides is 4. The Kier molecular flexibility index (Phi) is 6.49. The van der Waals surface area contributed by atoms with Crippen molar-refractivity contribution in [2.75, 3.05) is 23.7 Å². The van der Waals surface area contributed by atoms with Crippen LogP contribution in [0.1, 0.15) is 12.8 Å². The van der Waals surface area contributed by atoms with E-state index in [1.807, 2.05) is 30.3 Å². The molecule has 1 fully saturated rings. The molecule has 2 aromatic rings. The Bertz CT molecular complexity index is 834. The first-order chi connectivity index (χ1) is 13.5. The van der Waals surface area contributed by atoms with Crippen LogP contribution in [0.15, 0.2) is 54.6 Å². The minimum atomic E-state index is -0.730. The summed E-state index contributed by atoms with van der Waals surface area (Å²) in [6, 6.07) is 15.4. The van der Waals surface area contributed by atoms with Gasteiger partial charge in [0.25, 0.3) is 0 Å². The quantitative estimate of drug-likeness (QED) is 0.691. The fourth-order valence-corrected chi connectivity index (χ4v) is 3.05. The molecule has 0 bridgehead atoms. The van der Waals surface area contributed by atoms with Crippen molar-refractivity contribution >= 4 is 40.8 Å². The normalized spacial score (nSPS) is 14.2. The number of rotatable bonds is 3. The number of likely N-dealkylation sites (tertiary alicyclic amines) is 1. The van der Waals surface area contributed by atoms with E-state index in [1.54, 1.807) is 29.2 Å². The second-order valence-electron chi connectivity index (χ2n) is 6.49. The molecule has 1 aliphatic rings. The lowest BCUT2D eigenvalue weighted by Gasteiger charge is -2.32. The highest BCUT2D eigenvalue weighted by Crippen LogP contribution is 2.15. The maximum absolute atomic E-state index is 12.3. The summed E-state index contributed by atoms with van der Waals surface area (Å²) in [4.78, 5) is 38.1. The van der Waals surface area contributed by atoms with Crippen molar-refractivity contribution in [2.24, 2.45) is 0 Å². The number of anilines is 2. The van der Waals surface area contributed by atoms with Gasteiger partial charge in [-0.2, -0.15) is 0 Å². The maximum atomic E-state index is 12.3. The van der Waals surface area contributed by atoms with E-state index < -0.39 is 11.8 Å². The molecular weight excluding hydrogens is 380 g/mol. The summed E-state index contributed by atoms with van der Waals surface area (Å²) in [7, 11) is 0. The smallest absolute Gasteiger partial charge is 0.321 e. The zero-order valence-electron chi connectivity index (χ0n) is 15.2. The number of urea groups is 1. The molecule has 146 valence electrons. The Balaban J connectivity index is 1.43. The molecule has 0 aliphatic carbocycles. The van der Waals surface area contributed by atoms with Crippen LogP contribution in [-0.4, -0.2) is 41.9 Å². The molecule has 3 rings (SSSR count). The molecule has 2 aromatic carbocycles. The molecule has 8 heteroatoms. The van der Waals surface area contributed by atoms with E-state index in [9.17, 15) is 14.4 Å². The fourth-order valence-electron chi connectivity index (χ4n) is 2.92. The number of piperidine rings is 1. The van der Waals surface area contributed by atoms with Gasteiger partial charge in [-0.25, -0.2) is 4.79 Å². The molecule has 1 saturated heterocycles. The van der Waals surface area contributed by atoms with E-state index in [2.05, 4.69) is 16.0 Å². The van der Waals surface area contributed by atoms with Gasteiger partial charge in [0.05, 0.1) is 0 Å². The largest absolute Gasteiger partial charge is 0.345 e. The summed E-state index contributed by atoms with van der Waals surface area (Å²) in [5.41, 5.74) is 1.23. The number of benzene rings is 2. The Morgan fingerprint density at radius 1 is 0.821 bits per heavy atom. The monoisotopic (exact) mass is 400 g/mol. The van der Waals surface area contributed by atoms with Crippen LogP contribution in [0.4, 0.5) is 16.2 Å². The molecule has 3 N–H and O–H groups in total. The molecule has 0 unspecified atom stereocenters. The number of hydrogen-bond acceptors (Lipinski definition) is 3. The summed E-state index contributed by atoms with van der Waals surface area (Å²) in [6.07, 6.45) is 1.17. The lowest BCUT2D eigenvalue weighted by Crippen LogP contribution is -2.49. The van der Waals surface area contributed by atoms with E-state index in [-0.39, 0.29) is 12.1 Å². The number of nitrogens with one attached hydrogen (secondary N) is 3. The number of hydrogen-bond donors (Lipinski definition) is 3. The zero-order chi connectivity index (χ0) is 19.9. The van der Waals surface area contributed by atoms with Gasteiger partial charge in [0.1, 0.15) is 0 Å². The van der Waals surface area contributed by atoms with E-state index in [1.165, 1.54) is 0 Å². The summed E-state index contributed by atoms with van der Waals surface area (Å²) in [5, 5.41) is 8.64. The molecule has 7 nitrogen and oxygen atoms in total. The Hall–Kier alpha value is -3.06. The summed E-state index contributed by atoms with van der Waals surface area (Å²) in [5.74, 6) is -1.42. The standard InChI is InChI=1S/C20H21ClN4O3/c21-14-6-8-16(9-7-14)22-18(26)19(27)23-17-10-12-25(13-11-17)20(28)24-15-4-2-1-3-5-15/h1-9,17H,10-13H2,(H,22,26)(H,23,27)(H,24,28). The van der Waals surface area contributed by atoms with Gasteiger partial charge < -0.3 is 20.9 Å². The van der Waals surface area contributed by atoms with Crippen molar-refractivity contribution < 1.29 is 14.4 Å². The first-order valence-corrected chi connectivity index (χ1v) is 9.37. The molecule has 4 amide bonds. The van der Waals surface area contributed by atoms with Crippen LogP contribution in [0.2, 0.25) is 5.02 Å². The molecule has 1 heterocycles. The van der Waals surface area contributed by atoms with Gasteiger partial charge in [-0.3, -0.25) is 9.59 Å². The van der Waals surface area contributed by atoms with Crippen molar-refractivity contribution in [1.82, 2.24) is 10.2 Å². The van der Waals surface area contributed by atoms with Crippen LogP contribution >= 0.6 is 11.6 Å². The summed E-state index contributed by atoms with van der Waals surface area (Å²) in [6.45, 7) is 1.00. The average Bonchev–Trinajstić information content (AvgIpc) is 2.71. The van der Waals surface area contributed by atoms with Crippen molar-refractivity contribution in [2.45, 2.75) is 18.9 Å².